The van der Waals surface area contributed by atoms with Crippen molar-refractivity contribution in [2.75, 3.05) is 11.9 Å². The van der Waals surface area contributed by atoms with Gasteiger partial charge >= 0.3 is 0 Å². The Kier molecular flexibility index (Phi) is 5.37. The number of anilines is 1. The predicted molar refractivity (Wildman–Crippen MR) is 121 cm³/mol. The van der Waals surface area contributed by atoms with Crippen LogP contribution in [0.25, 0.3) is 0 Å². The van der Waals surface area contributed by atoms with Gasteiger partial charge in [0.2, 0.25) is 11.8 Å². The van der Waals surface area contributed by atoms with Crippen LogP contribution in [-0.2, 0) is 21.4 Å². The zero-order valence-electron chi connectivity index (χ0n) is 18.1. The van der Waals surface area contributed by atoms with Gasteiger partial charge in [0, 0.05) is 31.3 Å². The van der Waals surface area contributed by atoms with Gasteiger partial charge < -0.3 is 21.3 Å². The smallest absolute Gasteiger partial charge is 0.269 e. The Hall–Kier alpha value is -4.05. The molecule has 0 radical (unpaired) electrons. The minimum Gasteiger partial charge on any atom is -0.339 e. The molecule has 174 valence electrons. The number of rotatable bonds is 5. The first-order valence-corrected chi connectivity index (χ1v) is 10.9. The SMILES string of the molecule is N[C@@H]1C[C@@]2(CN1C(=O)[C@H](Cc1cccc(F)c1)NC(=O)c1ccn[nH]1)C(=O)Nc1ccccc12. The van der Waals surface area contributed by atoms with Gasteiger partial charge in [-0.3, -0.25) is 19.5 Å². The van der Waals surface area contributed by atoms with Gasteiger partial charge in [0.15, 0.2) is 0 Å². The second kappa shape index (κ2) is 8.38. The summed E-state index contributed by atoms with van der Waals surface area (Å²) in [5.74, 6) is -1.63. The molecule has 2 aromatic carbocycles. The summed E-state index contributed by atoms with van der Waals surface area (Å²) in [6, 6.07) is 13.6. The third-order valence-electron chi connectivity index (χ3n) is 6.48. The van der Waals surface area contributed by atoms with Crippen molar-refractivity contribution in [1.29, 1.82) is 0 Å². The van der Waals surface area contributed by atoms with Gasteiger partial charge in [0.05, 0.1) is 11.6 Å². The maximum Gasteiger partial charge on any atom is 0.269 e. The average Bonchev–Trinajstić information content (AvgIpc) is 3.53. The van der Waals surface area contributed by atoms with Gasteiger partial charge in [0.1, 0.15) is 17.6 Å². The lowest BCUT2D eigenvalue weighted by molar-refractivity contribution is -0.134. The fraction of sp³-hybridized carbons (Fsp3) is 0.250. The van der Waals surface area contributed by atoms with E-state index in [4.69, 9.17) is 5.73 Å². The lowest BCUT2D eigenvalue weighted by Crippen LogP contribution is -2.53. The average molecular weight is 462 g/mol. The highest BCUT2D eigenvalue weighted by atomic mass is 19.1. The van der Waals surface area contributed by atoms with Crippen molar-refractivity contribution in [2.24, 2.45) is 5.73 Å². The number of fused-ring (bicyclic) bond motifs is 2. The fourth-order valence-electron chi connectivity index (χ4n) is 4.83. The second-order valence-corrected chi connectivity index (χ2v) is 8.65. The lowest BCUT2D eigenvalue weighted by atomic mass is 9.80. The van der Waals surface area contributed by atoms with Crippen LogP contribution in [0.2, 0.25) is 0 Å². The molecule has 3 amide bonds. The van der Waals surface area contributed by atoms with E-state index < -0.39 is 35.3 Å². The standard InChI is InChI=1S/C24H23FN6O3/c25-15-5-3-4-14(10-15)11-19(28-21(32)18-8-9-27-30-18)22(33)31-13-24(12-20(31)26)16-6-1-2-7-17(16)29-23(24)34/h1-10,19-20H,11-13,26H2,(H,27,30)(H,28,32)(H,29,34)/t19-,20-,24-/m0/s1. The molecule has 1 fully saturated rings. The van der Waals surface area contributed by atoms with Crippen LogP contribution in [0.4, 0.5) is 10.1 Å². The predicted octanol–water partition coefficient (Wildman–Crippen LogP) is 1.30. The topological polar surface area (TPSA) is 133 Å². The maximum atomic E-state index is 13.8. The number of para-hydroxylation sites is 1. The molecule has 0 saturated carbocycles. The number of hydrogen-bond donors (Lipinski definition) is 4. The highest BCUT2D eigenvalue weighted by Gasteiger charge is 2.55. The van der Waals surface area contributed by atoms with Crippen molar-refractivity contribution in [3.05, 3.63) is 83.4 Å². The van der Waals surface area contributed by atoms with Crippen molar-refractivity contribution in [2.45, 2.75) is 30.5 Å². The molecule has 0 unspecified atom stereocenters. The van der Waals surface area contributed by atoms with Crippen LogP contribution in [0.1, 0.15) is 28.0 Å². The second-order valence-electron chi connectivity index (χ2n) is 8.65. The molecule has 1 spiro atoms. The Morgan fingerprint density at radius 3 is 2.82 bits per heavy atom. The van der Waals surface area contributed by atoms with Crippen LogP contribution in [0, 0.1) is 5.82 Å². The van der Waals surface area contributed by atoms with Gasteiger partial charge in [-0.2, -0.15) is 5.10 Å². The fourth-order valence-corrected chi connectivity index (χ4v) is 4.83. The Morgan fingerprint density at radius 2 is 2.06 bits per heavy atom. The highest BCUT2D eigenvalue weighted by molar-refractivity contribution is 6.07. The van der Waals surface area contributed by atoms with Crippen molar-refractivity contribution in [3.8, 4) is 0 Å². The quantitative estimate of drug-likeness (QED) is 0.454. The third kappa shape index (κ3) is 3.71. The number of nitrogens with zero attached hydrogens (tertiary/aromatic N) is 2. The van der Waals surface area contributed by atoms with Crippen LogP contribution in [0.3, 0.4) is 0 Å². The number of aromatic nitrogens is 2. The summed E-state index contributed by atoms with van der Waals surface area (Å²) in [5, 5.41) is 11.9. The van der Waals surface area contributed by atoms with E-state index in [1.807, 2.05) is 24.3 Å². The Balaban J connectivity index is 1.43. The number of likely N-dealkylation sites (tertiary alicyclic amines) is 1. The molecule has 34 heavy (non-hydrogen) atoms. The van der Waals surface area contributed by atoms with Crippen LogP contribution >= 0.6 is 0 Å². The zero-order valence-corrected chi connectivity index (χ0v) is 18.1. The number of nitrogens with one attached hydrogen (secondary N) is 3. The van der Waals surface area contributed by atoms with E-state index in [0.29, 0.717) is 11.3 Å². The molecular weight excluding hydrogens is 439 g/mol. The first-order chi connectivity index (χ1) is 16.4. The Labute approximate surface area is 194 Å². The van der Waals surface area contributed by atoms with Crippen LogP contribution in [0.15, 0.2) is 60.8 Å². The van der Waals surface area contributed by atoms with E-state index in [2.05, 4.69) is 20.8 Å². The van der Waals surface area contributed by atoms with Gasteiger partial charge in [-0.25, -0.2) is 4.39 Å². The van der Waals surface area contributed by atoms with E-state index in [1.165, 1.54) is 29.3 Å². The number of benzene rings is 2. The first-order valence-electron chi connectivity index (χ1n) is 10.9. The molecule has 2 aliphatic heterocycles. The molecule has 3 heterocycles. The van der Waals surface area contributed by atoms with E-state index in [0.717, 1.165) is 5.56 Å². The summed E-state index contributed by atoms with van der Waals surface area (Å²) in [6.07, 6.45) is 0.996. The number of hydrogen-bond acceptors (Lipinski definition) is 5. The summed E-state index contributed by atoms with van der Waals surface area (Å²) in [4.78, 5) is 40.8. The van der Waals surface area contributed by atoms with Crippen LogP contribution in [-0.4, -0.2) is 51.6 Å². The number of aromatic amines is 1. The summed E-state index contributed by atoms with van der Waals surface area (Å²) in [5.41, 5.74) is 7.64. The number of H-pyrrole nitrogens is 1. The summed E-state index contributed by atoms with van der Waals surface area (Å²) < 4.78 is 13.8. The van der Waals surface area contributed by atoms with Crippen molar-refractivity contribution >= 4 is 23.4 Å². The van der Waals surface area contributed by atoms with Crippen molar-refractivity contribution in [1.82, 2.24) is 20.4 Å². The third-order valence-corrected chi connectivity index (χ3v) is 6.48. The Morgan fingerprint density at radius 1 is 1.24 bits per heavy atom. The molecule has 2 aliphatic rings. The summed E-state index contributed by atoms with van der Waals surface area (Å²) in [7, 11) is 0. The first kappa shape index (κ1) is 21.8. The summed E-state index contributed by atoms with van der Waals surface area (Å²) in [6.45, 7) is 0.0788. The Bertz CT molecular complexity index is 1260. The van der Waals surface area contributed by atoms with E-state index in [-0.39, 0.29) is 31.0 Å². The minimum absolute atomic E-state index is 0.0511. The zero-order chi connectivity index (χ0) is 23.9. The van der Waals surface area contributed by atoms with E-state index in [9.17, 15) is 18.8 Å². The van der Waals surface area contributed by atoms with Gasteiger partial charge in [-0.05, 0) is 35.4 Å². The molecule has 1 saturated heterocycles. The molecule has 0 aliphatic carbocycles. The number of halogens is 1. The number of nitrogens with two attached hydrogens (primary N) is 1. The minimum atomic E-state index is -1.03. The van der Waals surface area contributed by atoms with Crippen LogP contribution < -0.4 is 16.4 Å². The molecule has 10 heteroatoms. The van der Waals surface area contributed by atoms with Gasteiger partial charge in [-0.1, -0.05) is 30.3 Å². The normalized spacial score (nSPS) is 21.9. The van der Waals surface area contributed by atoms with Crippen molar-refractivity contribution in [3.63, 3.8) is 0 Å². The van der Waals surface area contributed by atoms with E-state index >= 15 is 0 Å². The summed E-state index contributed by atoms with van der Waals surface area (Å²) >= 11 is 0. The molecule has 5 rings (SSSR count). The molecular formula is C24H23FN6O3. The number of amides is 3. The van der Waals surface area contributed by atoms with Crippen LogP contribution in [0.5, 0.6) is 0 Å². The maximum absolute atomic E-state index is 13.8. The molecule has 5 N–H and O–H groups in total. The van der Waals surface area contributed by atoms with Gasteiger partial charge in [0.25, 0.3) is 5.91 Å². The van der Waals surface area contributed by atoms with E-state index in [1.54, 1.807) is 12.1 Å². The van der Waals surface area contributed by atoms with Gasteiger partial charge in [-0.15, -0.1) is 0 Å². The molecule has 1 aromatic heterocycles. The monoisotopic (exact) mass is 462 g/mol. The number of carbonyl (C=O) groups excluding carboxylic acids is 3. The lowest BCUT2D eigenvalue weighted by Gasteiger charge is -2.28. The molecule has 3 aromatic rings. The largest absolute Gasteiger partial charge is 0.339 e. The number of carbonyl (C=O) groups is 3. The molecule has 3 atom stereocenters. The molecule has 0 bridgehead atoms. The van der Waals surface area contributed by atoms with Crippen molar-refractivity contribution < 1.29 is 18.8 Å². The highest BCUT2D eigenvalue weighted by Crippen LogP contribution is 2.45. The molecule has 9 nitrogen and oxygen atoms in total.